The second-order valence-corrected chi connectivity index (χ2v) is 2.52. The maximum absolute atomic E-state index is 5.36. The number of oxazole rings is 1. The summed E-state index contributed by atoms with van der Waals surface area (Å²) in [5.41, 5.74) is 5.36. The Morgan fingerprint density at radius 3 is 3.08 bits per heavy atom. The summed E-state index contributed by atoms with van der Waals surface area (Å²) in [4.78, 5) is 4.06. The van der Waals surface area contributed by atoms with Gasteiger partial charge in [0.2, 0.25) is 0 Å². The molecule has 0 aliphatic carbocycles. The van der Waals surface area contributed by atoms with Gasteiger partial charge >= 0.3 is 0 Å². The topological polar surface area (TPSA) is 61.3 Å². The van der Waals surface area contributed by atoms with Crippen molar-refractivity contribution in [1.29, 1.82) is 0 Å². The molecule has 0 saturated carbocycles. The quantitative estimate of drug-likeness (QED) is 0.661. The van der Waals surface area contributed by atoms with Crippen molar-refractivity contribution in [2.45, 2.75) is 19.4 Å². The smallest absolute Gasteiger partial charge is 0.194 e. The largest absolute Gasteiger partial charge is 0.444 e. The second-order valence-electron chi connectivity index (χ2n) is 2.52. The molecule has 0 bridgehead atoms. The lowest BCUT2D eigenvalue weighted by atomic mass is 10.3. The molecule has 0 radical (unpaired) electrons. The molecule has 0 spiro atoms. The predicted molar refractivity (Wildman–Crippen MR) is 44.6 cm³/mol. The first-order valence-electron chi connectivity index (χ1n) is 3.99. The van der Waals surface area contributed by atoms with Gasteiger partial charge in [0.15, 0.2) is 5.89 Å². The van der Waals surface area contributed by atoms with Gasteiger partial charge in [-0.2, -0.15) is 0 Å². The molecule has 68 valence electrons. The summed E-state index contributed by atoms with van der Waals surface area (Å²) >= 11 is 0. The molecule has 0 unspecified atom stereocenters. The summed E-state index contributed by atoms with van der Waals surface area (Å²) < 4.78 is 10.2. The van der Waals surface area contributed by atoms with Crippen LogP contribution in [0.25, 0.3) is 0 Å². The van der Waals surface area contributed by atoms with E-state index >= 15 is 0 Å². The third-order valence-electron chi connectivity index (χ3n) is 1.54. The minimum absolute atomic E-state index is 0.414. The van der Waals surface area contributed by atoms with Gasteiger partial charge in [-0.25, -0.2) is 4.98 Å². The lowest BCUT2D eigenvalue weighted by Crippen LogP contribution is -1.93. The number of hydrogen-bond donors (Lipinski definition) is 1. The van der Waals surface area contributed by atoms with E-state index in [4.69, 9.17) is 14.9 Å². The van der Waals surface area contributed by atoms with E-state index in [1.54, 1.807) is 13.3 Å². The molecular weight excluding hydrogens is 156 g/mol. The van der Waals surface area contributed by atoms with Gasteiger partial charge in [0, 0.05) is 20.1 Å². The third-order valence-corrected chi connectivity index (χ3v) is 1.54. The highest BCUT2D eigenvalue weighted by molar-refractivity contribution is 4.93. The summed E-state index contributed by atoms with van der Waals surface area (Å²) in [6, 6.07) is 0. The maximum Gasteiger partial charge on any atom is 0.194 e. The van der Waals surface area contributed by atoms with Crippen molar-refractivity contribution in [3.05, 3.63) is 17.8 Å². The molecule has 0 atom stereocenters. The highest BCUT2D eigenvalue weighted by atomic mass is 16.5. The minimum Gasteiger partial charge on any atom is -0.444 e. The molecule has 2 N–H and O–H groups in total. The Hall–Kier alpha value is -0.870. The molecule has 4 nitrogen and oxygen atoms in total. The molecule has 0 aliphatic rings. The van der Waals surface area contributed by atoms with E-state index in [9.17, 15) is 0 Å². The average Bonchev–Trinajstić information content (AvgIpc) is 2.53. The van der Waals surface area contributed by atoms with Crippen LogP contribution in [-0.4, -0.2) is 18.7 Å². The summed E-state index contributed by atoms with van der Waals surface area (Å²) in [6.45, 7) is 1.15. The van der Waals surface area contributed by atoms with E-state index < -0.39 is 0 Å². The molecule has 0 amide bonds. The van der Waals surface area contributed by atoms with Crippen LogP contribution in [0.15, 0.2) is 10.6 Å². The lowest BCUT2D eigenvalue weighted by Gasteiger charge is -1.94. The number of aryl methyl sites for hydroxylation is 1. The number of hydrogen-bond acceptors (Lipinski definition) is 4. The van der Waals surface area contributed by atoms with Crippen molar-refractivity contribution in [3.63, 3.8) is 0 Å². The van der Waals surface area contributed by atoms with Crippen molar-refractivity contribution in [3.8, 4) is 0 Å². The van der Waals surface area contributed by atoms with Crippen LogP contribution < -0.4 is 5.73 Å². The van der Waals surface area contributed by atoms with E-state index in [1.807, 2.05) is 0 Å². The van der Waals surface area contributed by atoms with Crippen molar-refractivity contribution in [2.24, 2.45) is 5.73 Å². The van der Waals surface area contributed by atoms with Crippen LogP contribution in [0.4, 0.5) is 0 Å². The fraction of sp³-hybridized carbons (Fsp3) is 0.625. The molecule has 1 aromatic rings. The van der Waals surface area contributed by atoms with Crippen LogP contribution in [-0.2, 0) is 17.7 Å². The van der Waals surface area contributed by atoms with Crippen molar-refractivity contribution in [1.82, 2.24) is 4.98 Å². The van der Waals surface area contributed by atoms with Gasteiger partial charge in [0.25, 0.3) is 0 Å². The monoisotopic (exact) mass is 170 g/mol. The molecule has 0 saturated heterocycles. The van der Waals surface area contributed by atoms with Crippen LogP contribution in [0.5, 0.6) is 0 Å². The van der Waals surface area contributed by atoms with E-state index in [0.29, 0.717) is 6.54 Å². The zero-order valence-electron chi connectivity index (χ0n) is 7.25. The Labute approximate surface area is 71.7 Å². The Morgan fingerprint density at radius 1 is 1.67 bits per heavy atom. The van der Waals surface area contributed by atoms with E-state index in [2.05, 4.69) is 4.98 Å². The first-order valence-corrected chi connectivity index (χ1v) is 3.99. The second kappa shape index (κ2) is 4.90. The standard InChI is InChI=1S/C8H14N2O2/c1-11-4-2-3-8-10-6-7(5-9)12-8/h6H,2-5,9H2,1H3. The normalized spacial score (nSPS) is 10.5. The van der Waals surface area contributed by atoms with Gasteiger partial charge in [-0.05, 0) is 6.42 Å². The van der Waals surface area contributed by atoms with E-state index in [1.165, 1.54) is 0 Å². The van der Waals surface area contributed by atoms with Gasteiger partial charge in [-0.15, -0.1) is 0 Å². The molecule has 1 heterocycles. The Bertz CT molecular complexity index is 223. The predicted octanol–water partition coefficient (Wildman–Crippen LogP) is 0.712. The first-order chi connectivity index (χ1) is 5.86. The molecule has 1 rings (SSSR count). The van der Waals surface area contributed by atoms with E-state index in [0.717, 1.165) is 31.1 Å². The minimum atomic E-state index is 0.414. The highest BCUT2D eigenvalue weighted by Gasteiger charge is 2.00. The third kappa shape index (κ3) is 2.64. The number of rotatable bonds is 5. The Kier molecular flexibility index (Phi) is 3.76. The van der Waals surface area contributed by atoms with Gasteiger partial charge in [0.1, 0.15) is 5.76 Å². The van der Waals surface area contributed by atoms with Crippen molar-refractivity contribution in [2.75, 3.05) is 13.7 Å². The maximum atomic E-state index is 5.36. The zero-order valence-corrected chi connectivity index (χ0v) is 7.25. The van der Waals surface area contributed by atoms with Gasteiger partial charge in [0.05, 0.1) is 12.7 Å². The number of ether oxygens (including phenoxy) is 1. The highest BCUT2D eigenvalue weighted by Crippen LogP contribution is 2.04. The van der Waals surface area contributed by atoms with Crippen LogP contribution in [0, 0.1) is 0 Å². The van der Waals surface area contributed by atoms with Crippen LogP contribution in [0.3, 0.4) is 0 Å². The summed E-state index contributed by atoms with van der Waals surface area (Å²) in [5, 5.41) is 0. The molecular formula is C8H14N2O2. The lowest BCUT2D eigenvalue weighted by molar-refractivity contribution is 0.192. The van der Waals surface area contributed by atoms with Gasteiger partial charge in [-0.1, -0.05) is 0 Å². The van der Waals surface area contributed by atoms with Crippen LogP contribution in [0.1, 0.15) is 18.1 Å². The summed E-state index contributed by atoms with van der Waals surface area (Å²) in [6.07, 6.45) is 3.41. The van der Waals surface area contributed by atoms with Gasteiger partial charge < -0.3 is 14.9 Å². The molecule has 12 heavy (non-hydrogen) atoms. The fourth-order valence-corrected chi connectivity index (χ4v) is 0.926. The molecule has 0 fully saturated rings. The number of nitrogens with zero attached hydrogens (tertiary/aromatic N) is 1. The number of aromatic nitrogens is 1. The Balaban J connectivity index is 2.31. The average molecular weight is 170 g/mol. The van der Waals surface area contributed by atoms with E-state index in [-0.39, 0.29) is 0 Å². The van der Waals surface area contributed by atoms with Crippen LogP contribution >= 0.6 is 0 Å². The molecule has 4 heteroatoms. The van der Waals surface area contributed by atoms with Crippen molar-refractivity contribution < 1.29 is 9.15 Å². The molecule has 1 aromatic heterocycles. The van der Waals surface area contributed by atoms with Crippen LogP contribution in [0.2, 0.25) is 0 Å². The number of methoxy groups -OCH3 is 1. The molecule has 0 aliphatic heterocycles. The number of nitrogens with two attached hydrogens (primary N) is 1. The Morgan fingerprint density at radius 2 is 2.50 bits per heavy atom. The van der Waals surface area contributed by atoms with Crippen molar-refractivity contribution >= 4 is 0 Å². The summed E-state index contributed by atoms with van der Waals surface area (Å²) in [5.74, 6) is 1.48. The fourth-order valence-electron chi connectivity index (χ4n) is 0.926. The SMILES string of the molecule is COCCCc1ncc(CN)o1. The first kappa shape index (κ1) is 9.22. The zero-order chi connectivity index (χ0) is 8.81. The van der Waals surface area contributed by atoms with Gasteiger partial charge in [-0.3, -0.25) is 0 Å². The molecule has 0 aromatic carbocycles. The summed E-state index contributed by atoms with van der Waals surface area (Å²) in [7, 11) is 1.68.